The number of benzene rings is 2. The highest BCUT2D eigenvalue weighted by Gasteiger charge is 2.17. The number of fused-ring (bicyclic) bond motifs is 2. The zero-order valence-corrected chi connectivity index (χ0v) is 14.9. The first kappa shape index (κ1) is 17.8. The molecule has 0 saturated heterocycles. The van der Waals surface area contributed by atoms with Gasteiger partial charge in [-0.1, -0.05) is 18.2 Å². The Hall–Kier alpha value is -3.61. The van der Waals surface area contributed by atoms with Crippen molar-refractivity contribution < 1.29 is 23.8 Å². The normalized spacial score (nSPS) is 13.0. The highest BCUT2D eigenvalue weighted by molar-refractivity contribution is 6.00. The lowest BCUT2D eigenvalue weighted by atomic mass is 10.1. The standard InChI is InChI=1S/C21H17NO6/c23-17(14-6-7-18-19(11-14)27-9-3-8-26-18)12-28-21(25)16-10-13-4-1-2-5-15(13)20(24)22-16/h1-2,4-7,10-11H,3,8-9,12H2,(H,22,24). The number of aromatic nitrogens is 1. The lowest BCUT2D eigenvalue weighted by molar-refractivity contribution is 0.0469. The van der Waals surface area contributed by atoms with E-state index in [1.54, 1.807) is 42.5 Å². The van der Waals surface area contributed by atoms with Gasteiger partial charge in [-0.15, -0.1) is 0 Å². The summed E-state index contributed by atoms with van der Waals surface area (Å²) in [5, 5.41) is 1.09. The number of nitrogens with one attached hydrogen (secondary N) is 1. The molecule has 0 atom stereocenters. The average molecular weight is 379 g/mol. The van der Waals surface area contributed by atoms with E-state index in [4.69, 9.17) is 14.2 Å². The van der Waals surface area contributed by atoms with E-state index < -0.39 is 12.6 Å². The molecule has 0 fully saturated rings. The topological polar surface area (TPSA) is 94.7 Å². The second kappa shape index (κ2) is 7.56. The number of carbonyl (C=O) groups is 2. The fraction of sp³-hybridized carbons (Fsp3) is 0.190. The molecule has 4 rings (SSSR count). The molecule has 0 bridgehead atoms. The second-order valence-corrected chi connectivity index (χ2v) is 6.31. The molecule has 1 aliphatic heterocycles. The minimum absolute atomic E-state index is 0.00448. The number of ether oxygens (including phenoxy) is 3. The Labute approximate surface area is 159 Å². The van der Waals surface area contributed by atoms with Gasteiger partial charge in [-0.2, -0.15) is 0 Å². The van der Waals surface area contributed by atoms with Gasteiger partial charge in [0, 0.05) is 17.4 Å². The van der Waals surface area contributed by atoms with Crippen molar-refractivity contribution in [2.75, 3.05) is 19.8 Å². The molecule has 0 amide bonds. The summed E-state index contributed by atoms with van der Waals surface area (Å²) in [5.74, 6) is -0.0778. The summed E-state index contributed by atoms with van der Waals surface area (Å²) >= 11 is 0. The van der Waals surface area contributed by atoms with Gasteiger partial charge in [-0.3, -0.25) is 9.59 Å². The van der Waals surface area contributed by atoms with E-state index in [0.29, 0.717) is 41.0 Å². The summed E-state index contributed by atoms with van der Waals surface area (Å²) in [6.45, 7) is 0.615. The van der Waals surface area contributed by atoms with Crippen molar-refractivity contribution in [3.05, 3.63) is 70.1 Å². The Kier molecular flexibility index (Phi) is 4.80. The molecule has 7 nitrogen and oxygen atoms in total. The molecule has 3 aromatic rings. The number of hydrogen-bond acceptors (Lipinski definition) is 6. The molecule has 0 spiro atoms. The van der Waals surface area contributed by atoms with Crippen LogP contribution >= 0.6 is 0 Å². The molecule has 0 unspecified atom stereocenters. The quantitative estimate of drug-likeness (QED) is 0.553. The molecular formula is C21H17NO6. The maximum Gasteiger partial charge on any atom is 0.355 e. The summed E-state index contributed by atoms with van der Waals surface area (Å²) < 4.78 is 16.2. The zero-order chi connectivity index (χ0) is 19.5. The summed E-state index contributed by atoms with van der Waals surface area (Å²) in [6, 6.07) is 13.3. The fourth-order valence-corrected chi connectivity index (χ4v) is 2.95. The molecule has 0 aliphatic carbocycles. The highest BCUT2D eigenvalue weighted by atomic mass is 16.5. The molecule has 28 heavy (non-hydrogen) atoms. The van der Waals surface area contributed by atoms with E-state index in [0.717, 1.165) is 6.42 Å². The van der Waals surface area contributed by atoms with Gasteiger partial charge < -0.3 is 19.2 Å². The fourth-order valence-electron chi connectivity index (χ4n) is 2.95. The van der Waals surface area contributed by atoms with Crippen LogP contribution in [0.25, 0.3) is 10.8 Å². The van der Waals surface area contributed by atoms with Crippen LogP contribution in [-0.4, -0.2) is 36.6 Å². The lowest BCUT2D eigenvalue weighted by Crippen LogP contribution is -2.18. The van der Waals surface area contributed by atoms with Crippen LogP contribution in [-0.2, 0) is 4.74 Å². The van der Waals surface area contributed by atoms with Crippen molar-refractivity contribution >= 4 is 22.5 Å². The molecule has 2 heterocycles. The SMILES string of the molecule is O=C(COC(=O)c1cc2ccccc2c(=O)[nH]1)c1ccc2c(c1)OCCCO2. The van der Waals surface area contributed by atoms with Crippen LogP contribution in [0.3, 0.4) is 0 Å². The number of esters is 1. The molecule has 0 saturated carbocycles. The average Bonchev–Trinajstić information content (AvgIpc) is 2.96. The Morgan fingerprint density at radius 3 is 2.64 bits per heavy atom. The van der Waals surface area contributed by atoms with Gasteiger partial charge >= 0.3 is 5.97 Å². The van der Waals surface area contributed by atoms with E-state index in [2.05, 4.69) is 4.98 Å². The lowest BCUT2D eigenvalue weighted by Gasteiger charge is -2.09. The summed E-state index contributed by atoms with van der Waals surface area (Å²) in [7, 11) is 0. The molecule has 1 aliphatic rings. The molecule has 7 heteroatoms. The van der Waals surface area contributed by atoms with Crippen LogP contribution in [0.5, 0.6) is 11.5 Å². The third kappa shape index (κ3) is 3.59. The minimum atomic E-state index is -0.773. The van der Waals surface area contributed by atoms with Crippen LogP contribution < -0.4 is 15.0 Å². The van der Waals surface area contributed by atoms with Crippen molar-refractivity contribution in [1.82, 2.24) is 4.98 Å². The Morgan fingerprint density at radius 2 is 1.79 bits per heavy atom. The van der Waals surface area contributed by atoms with Crippen molar-refractivity contribution in [3.63, 3.8) is 0 Å². The summed E-state index contributed by atoms with van der Waals surface area (Å²) in [6.07, 6.45) is 0.763. The van der Waals surface area contributed by atoms with Crippen molar-refractivity contribution in [2.45, 2.75) is 6.42 Å². The van der Waals surface area contributed by atoms with E-state index in [1.807, 2.05) is 0 Å². The smallest absolute Gasteiger partial charge is 0.355 e. The number of H-pyrrole nitrogens is 1. The van der Waals surface area contributed by atoms with E-state index in [9.17, 15) is 14.4 Å². The monoisotopic (exact) mass is 379 g/mol. The van der Waals surface area contributed by atoms with Crippen molar-refractivity contribution in [3.8, 4) is 11.5 Å². The molecule has 0 radical (unpaired) electrons. The van der Waals surface area contributed by atoms with Crippen molar-refractivity contribution in [2.24, 2.45) is 0 Å². The van der Waals surface area contributed by atoms with Crippen LogP contribution in [0.4, 0.5) is 0 Å². The third-order valence-electron chi connectivity index (χ3n) is 4.38. The highest BCUT2D eigenvalue weighted by Crippen LogP contribution is 2.30. The molecule has 142 valence electrons. The maximum atomic E-state index is 12.4. The van der Waals surface area contributed by atoms with Crippen molar-refractivity contribution in [1.29, 1.82) is 0 Å². The third-order valence-corrected chi connectivity index (χ3v) is 4.38. The van der Waals surface area contributed by atoms with Gasteiger partial charge in [0.1, 0.15) is 5.69 Å². The van der Waals surface area contributed by atoms with Gasteiger partial charge in [0.05, 0.1) is 13.2 Å². The Balaban J connectivity index is 1.47. The number of carbonyl (C=O) groups excluding carboxylic acids is 2. The van der Waals surface area contributed by atoms with Gasteiger partial charge in [0.2, 0.25) is 0 Å². The number of Topliss-reactive ketones (excluding diaryl/α,β-unsaturated/α-hetero) is 1. The summed E-state index contributed by atoms with van der Waals surface area (Å²) in [4.78, 5) is 39.2. The largest absolute Gasteiger partial charge is 0.490 e. The number of ketones is 1. The first-order valence-electron chi connectivity index (χ1n) is 8.84. The van der Waals surface area contributed by atoms with Crippen LogP contribution in [0.2, 0.25) is 0 Å². The second-order valence-electron chi connectivity index (χ2n) is 6.31. The molecular weight excluding hydrogens is 362 g/mol. The van der Waals surface area contributed by atoms with E-state index in [-0.39, 0.29) is 17.0 Å². The molecule has 2 aromatic carbocycles. The van der Waals surface area contributed by atoms with Gasteiger partial charge in [-0.25, -0.2) is 4.79 Å². The number of aromatic amines is 1. The van der Waals surface area contributed by atoms with E-state index >= 15 is 0 Å². The Bertz CT molecular complexity index is 1120. The predicted octanol–water partition coefficient (Wildman–Crippen LogP) is 2.73. The first-order chi connectivity index (χ1) is 13.6. The number of hydrogen-bond donors (Lipinski definition) is 1. The van der Waals surface area contributed by atoms with E-state index in [1.165, 1.54) is 6.07 Å². The maximum absolute atomic E-state index is 12.4. The van der Waals surface area contributed by atoms with Gasteiger partial charge in [-0.05, 0) is 35.7 Å². The summed E-state index contributed by atoms with van der Waals surface area (Å²) in [5.41, 5.74) is -0.0431. The number of rotatable bonds is 4. The zero-order valence-electron chi connectivity index (χ0n) is 14.9. The number of pyridine rings is 1. The molecule has 1 aromatic heterocycles. The molecule has 1 N–H and O–H groups in total. The first-order valence-corrected chi connectivity index (χ1v) is 8.84. The van der Waals surface area contributed by atoms with Gasteiger partial charge in [0.25, 0.3) is 5.56 Å². The van der Waals surface area contributed by atoms with Crippen LogP contribution in [0, 0.1) is 0 Å². The Morgan fingerprint density at radius 1 is 1.00 bits per heavy atom. The minimum Gasteiger partial charge on any atom is -0.490 e. The van der Waals surface area contributed by atoms with Crippen LogP contribution in [0.1, 0.15) is 27.3 Å². The van der Waals surface area contributed by atoms with Gasteiger partial charge in [0.15, 0.2) is 23.9 Å². The van der Waals surface area contributed by atoms with Crippen LogP contribution in [0.15, 0.2) is 53.3 Å². The predicted molar refractivity (Wildman–Crippen MR) is 101 cm³/mol.